The predicted molar refractivity (Wildman–Crippen MR) is 81.7 cm³/mol. The molecule has 4 heteroatoms. The largest absolute Gasteiger partial charge is 0.489 e. The highest BCUT2D eigenvalue weighted by atomic mass is 16.5. The molecule has 21 heavy (non-hydrogen) atoms. The summed E-state index contributed by atoms with van der Waals surface area (Å²) < 4.78 is 6.15. The van der Waals surface area contributed by atoms with E-state index in [2.05, 4.69) is 25.8 Å². The molecule has 1 aliphatic rings. The molecule has 0 radical (unpaired) electrons. The third-order valence-corrected chi connectivity index (χ3v) is 4.47. The maximum atomic E-state index is 11.3. The summed E-state index contributed by atoms with van der Waals surface area (Å²) in [6.07, 6.45) is 4.85. The molecule has 0 aliphatic heterocycles. The molecule has 3 atom stereocenters. The summed E-state index contributed by atoms with van der Waals surface area (Å²) in [6, 6.07) is 1.74. The average molecular weight is 291 g/mol. The van der Waals surface area contributed by atoms with E-state index in [4.69, 9.17) is 4.74 Å². The van der Waals surface area contributed by atoms with Crippen molar-refractivity contribution in [1.29, 1.82) is 0 Å². The van der Waals surface area contributed by atoms with Gasteiger partial charge < -0.3 is 9.84 Å². The Labute approximate surface area is 126 Å². The summed E-state index contributed by atoms with van der Waals surface area (Å²) >= 11 is 0. The summed E-state index contributed by atoms with van der Waals surface area (Å²) in [7, 11) is 0. The molecule has 1 N–H and O–H groups in total. The van der Waals surface area contributed by atoms with Crippen LogP contribution in [0, 0.1) is 24.7 Å². The van der Waals surface area contributed by atoms with Gasteiger partial charge in [0.25, 0.3) is 0 Å². The van der Waals surface area contributed by atoms with Crippen molar-refractivity contribution >= 4 is 5.97 Å². The fourth-order valence-corrected chi connectivity index (χ4v) is 3.21. The minimum absolute atomic E-state index is 0.0913. The van der Waals surface area contributed by atoms with E-state index >= 15 is 0 Å². The van der Waals surface area contributed by atoms with Gasteiger partial charge in [0.1, 0.15) is 17.4 Å². The minimum atomic E-state index is -0.984. The third kappa shape index (κ3) is 3.74. The van der Waals surface area contributed by atoms with E-state index in [-0.39, 0.29) is 11.7 Å². The van der Waals surface area contributed by atoms with E-state index in [1.54, 1.807) is 6.07 Å². The molecule has 0 spiro atoms. The van der Waals surface area contributed by atoms with Crippen LogP contribution in [0.3, 0.4) is 0 Å². The molecule has 116 valence electrons. The van der Waals surface area contributed by atoms with Crippen LogP contribution in [0.15, 0.2) is 12.3 Å². The fourth-order valence-electron chi connectivity index (χ4n) is 3.21. The van der Waals surface area contributed by atoms with Crippen molar-refractivity contribution in [3.05, 3.63) is 23.5 Å². The van der Waals surface area contributed by atoms with Gasteiger partial charge in [-0.2, -0.15) is 0 Å². The second-order valence-electron chi connectivity index (χ2n) is 6.61. The Morgan fingerprint density at radius 1 is 1.43 bits per heavy atom. The Morgan fingerprint density at radius 2 is 2.14 bits per heavy atom. The van der Waals surface area contributed by atoms with Crippen molar-refractivity contribution in [3.63, 3.8) is 0 Å². The number of pyridine rings is 1. The van der Waals surface area contributed by atoms with Gasteiger partial charge in [0.05, 0.1) is 0 Å². The standard InChI is InChI=1S/C17H25NO3/c1-10(2)13-6-5-11(3)7-15(13)21-16-8-12(4)18-9-14(16)17(19)20/h8-11,13,15H,5-7H2,1-4H3,(H,19,20). The predicted octanol–water partition coefficient (Wildman–Crippen LogP) is 3.93. The SMILES string of the molecule is Cc1cc(OC2CC(C)CCC2C(C)C)c(C(=O)O)cn1. The van der Waals surface area contributed by atoms with Gasteiger partial charge in [0.2, 0.25) is 0 Å². The van der Waals surface area contributed by atoms with Crippen LogP contribution in [0.5, 0.6) is 5.75 Å². The lowest BCUT2D eigenvalue weighted by molar-refractivity contribution is 0.0435. The lowest BCUT2D eigenvalue weighted by Crippen LogP contribution is -2.36. The zero-order valence-corrected chi connectivity index (χ0v) is 13.3. The van der Waals surface area contributed by atoms with E-state index < -0.39 is 5.97 Å². The van der Waals surface area contributed by atoms with E-state index in [1.807, 2.05) is 6.92 Å². The van der Waals surface area contributed by atoms with E-state index in [9.17, 15) is 9.90 Å². The summed E-state index contributed by atoms with van der Waals surface area (Å²) in [5.41, 5.74) is 0.932. The molecule has 0 bridgehead atoms. The summed E-state index contributed by atoms with van der Waals surface area (Å²) in [4.78, 5) is 15.4. The van der Waals surface area contributed by atoms with Crippen LogP contribution in [0.4, 0.5) is 0 Å². The molecular weight excluding hydrogens is 266 g/mol. The Balaban J connectivity index is 2.26. The molecule has 0 amide bonds. The molecular formula is C17H25NO3. The van der Waals surface area contributed by atoms with E-state index in [0.717, 1.165) is 18.5 Å². The molecule has 2 rings (SSSR count). The van der Waals surface area contributed by atoms with E-state index in [1.165, 1.54) is 12.6 Å². The van der Waals surface area contributed by atoms with Gasteiger partial charge in [-0.1, -0.05) is 27.2 Å². The number of carbonyl (C=O) groups is 1. The highest BCUT2D eigenvalue weighted by Gasteiger charge is 2.33. The first-order valence-electron chi connectivity index (χ1n) is 7.75. The van der Waals surface area contributed by atoms with Crippen molar-refractivity contribution in [3.8, 4) is 5.75 Å². The Hall–Kier alpha value is -1.58. The summed E-state index contributed by atoms with van der Waals surface area (Å²) in [6.45, 7) is 8.52. The van der Waals surface area contributed by atoms with Crippen molar-refractivity contribution in [1.82, 2.24) is 4.98 Å². The van der Waals surface area contributed by atoms with Crippen LogP contribution in [-0.4, -0.2) is 22.2 Å². The molecule has 1 heterocycles. The van der Waals surface area contributed by atoms with Crippen LogP contribution in [0.25, 0.3) is 0 Å². The number of hydrogen-bond acceptors (Lipinski definition) is 3. The lowest BCUT2D eigenvalue weighted by Gasteiger charge is -2.37. The number of nitrogens with zero attached hydrogens (tertiary/aromatic N) is 1. The van der Waals surface area contributed by atoms with Crippen LogP contribution < -0.4 is 4.74 Å². The Kier molecular flexibility index (Phi) is 4.86. The second kappa shape index (κ2) is 6.46. The van der Waals surface area contributed by atoms with Crippen molar-refractivity contribution in [2.24, 2.45) is 17.8 Å². The number of ether oxygens (including phenoxy) is 1. The first kappa shape index (κ1) is 15.8. The highest BCUT2D eigenvalue weighted by molar-refractivity contribution is 5.90. The number of aromatic carboxylic acids is 1. The van der Waals surface area contributed by atoms with Crippen molar-refractivity contribution in [2.45, 2.75) is 53.1 Å². The molecule has 0 aromatic carbocycles. The first-order chi connectivity index (χ1) is 9.88. The summed E-state index contributed by atoms with van der Waals surface area (Å²) in [5.74, 6) is 1.12. The number of rotatable bonds is 4. The van der Waals surface area contributed by atoms with Crippen molar-refractivity contribution < 1.29 is 14.6 Å². The maximum absolute atomic E-state index is 11.3. The molecule has 1 aromatic heterocycles. The van der Waals surface area contributed by atoms with Crippen LogP contribution in [0.1, 0.15) is 56.1 Å². The first-order valence-corrected chi connectivity index (χ1v) is 7.75. The highest BCUT2D eigenvalue weighted by Crippen LogP contribution is 2.36. The number of aromatic nitrogens is 1. The second-order valence-corrected chi connectivity index (χ2v) is 6.61. The van der Waals surface area contributed by atoms with Gasteiger partial charge in [-0.15, -0.1) is 0 Å². The molecule has 1 aliphatic carbocycles. The molecule has 0 saturated heterocycles. The van der Waals surface area contributed by atoms with Gasteiger partial charge in [0, 0.05) is 18.0 Å². The summed E-state index contributed by atoms with van der Waals surface area (Å²) in [5, 5.41) is 9.29. The molecule has 4 nitrogen and oxygen atoms in total. The Morgan fingerprint density at radius 3 is 2.76 bits per heavy atom. The van der Waals surface area contributed by atoms with Gasteiger partial charge in [-0.25, -0.2) is 4.79 Å². The van der Waals surface area contributed by atoms with E-state index in [0.29, 0.717) is 23.5 Å². The smallest absolute Gasteiger partial charge is 0.341 e. The normalized spacial score (nSPS) is 25.9. The zero-order valence-electron chi connectivity index (χ0n) is 13.3. The third-order valence-electron chi connectivity index (χ3n) is 4.47. The minimum Gasteiger partial charge on any atom is -0.489 e. The maximum Gasteiger partial charge on any atom is 0.341 e. The van der Waals surface area contributed by atoms with Crippen LogP contribution in [0.2, 0.25) is 0 Å². The Bertz CT molecular complexity index is 513. The molecule has 1 aromatic rings. The van der Waals surface area contributed by atoms with Gasteiger partial charge >= 0.3 is 5.97 Å². The topological polar surface area (TPSA) is 59.4 Å². The fraction of sp³-hybridized carbons (Fsp3) is 0.647. The van der Waals surface area contributed by atoms with Gasteiger partial charge in [-0.3, -0.25) is 4.98 Å². The number of hydrogen-bond donors (Lipinski definition) is 1. The van der Waals surface area contributed by atoms with Crippen LogP contribution in [-0.2, 0) is 0 Å². The van der Waals surface area contributed by atoms with Gasteiger partial charge in [0.15, 0.2) is 0 Å². The zero-order chi connectivity index (χ0) is 15.6. The number of carboxylic acids is 1. The molecule has 3 unspecified atom stereocenters. The molecule has 1 fully saturated rings. The van der Waals surface area contributed by atoms with Crippen molar-refractivity contribution in [2.75, 3.05) is 0 Å². The van der Waals surface area contributed by atoms with Gasteiger partial charge in [-0.05, 0) is 37.5 Å². The lowest BCUT2D eigenvalue weighted by atomic mass is 9.75. The molecule has 1 saturated carbocycles. The average Bonchev–Trinajstić information content (AvgIpc) is 2.38. The number of aryl methyl sites for hydroxylation is 1. The monoisotopic (exact) mass is 291 g/mol. The number of carboxylic acid groups (broad SMARTS) is 1. The quantitative estimate of drug-likeness (QED) is 0.913. The van der Waals surface area contributed by atoms with Crippen LogP contribution >= 0.6 is 0 Å².